The molecule has 1 aliphatic rings. The van der Waals surface area contributed by atoms with Gasteiger partial charge in [-0.1, -0.05) is 26.0 Å². The number of nitrogens with zero attached hydrogens (tertiary/aromatic N) is 2. The largest absolute Gasteiger partial charge is 0.352 e. The van der Waals surface area contributed by atoms with Crippen LogP contribution in [0.1, 0.15) is 37.3 Å². The molecule has 0 aliphatic carbocycles. The second kappa shape index (κ2) is 7.47. The first-order valence-electron chi connectivity index (χ1n) is 8.61. The molecule has 1 aliphatic heterocycles. The maximum Gasteiger partial charge on any atom is 0.227 e. The van der Waals surface area contributed by atoms with Gasteiger partial charge in [0.15, 0.2) is 0 Å². The van der Waals surface area contributed by atoms with Gasteiger partial charge in [-0.25, -0.2) is 0 Å². The monoisotopic (exact) mass is 337 g/mol. The molecule has 1 saturated heterocycles. The van der Waals surface area contributed by atoms with E-state index in [1.54, 1.807) is 17.3 Å². The Kier molecular flexibility index (Phi) is 5.12. The minimum absolute atomic E-state index is 0.00126. The summed E-state index contributed by atoms with van der Waals surface area (Å²) in [5, 5.41) is 2.91. The molecule has 5 heteroatoms. The van der Waals surface area contributed by atoms with Gasteiger partial charge in [-0.05, 0) is 41.3 Å². The molecule has 130 valence electrons. The Morgan fingerprint density at radius 2 is 1.88 bits per heavy atom. The van der Waals surface area contributed by atoms with Crippen molar-refractivity contribution in [3.8, 4) is 0 Å². The second-order valence-electron chi connectivity index (χ2n) is 6.72. The number of aromatic nitrogens is 1. The number of benzene rings is 1. The zero-order chi connectivity index (χ0) is 17.8. The number of anilines is 1. The van der Waals surface area contributed by atoms with Crippen molar-refractivity contribution in [2.75, 3.05) is 11.4 Å². The van der Waals surface area contributed by atoms with E-state index in [9.17, 15) is 9.59 Å². The lowest BCUT2D eigenvalue weighted by molar-refractivity contribution is -0.126. The van der Waals surface area contributed by atoms with Crippen LogP contribution in [0.5, 0.6) is 0 Å². The highest BCUT2D eigenvalue weighted by molar-refractivity contribution is 6.00. The van der Waals surface area contributed by atoms with Crippen molar-refractivity contribution in [2.24, 2.45) is 5.92 Å². The van der Waals surface area contributed by atoms with E-state index in [0.29, 0.717) is 19.0 Å². The fourth-order valence-electron chi connectivity index (χ4n) is 3.01. The van der Waals surface area contributed by atoms with Crippen LogP contribution in [-0.4, -0.2) is 23.3 Å². The quantitative estimate of drug-likeness (QED) is 0.912. The van der Waals surface area contributed by atoms with E-state index in [1.165, 1.54) is 5.56 Å². The first kappa shape index (κ1) is 17.1. The molecule has 2 aromatic rings. The molecule has 1 unspecified atom stereocenters. The van der Waals surface area contributed by atoms with Crippen LogP contribution in [0.25, 0.3) is 0 Å². The van der Waals surface area contributed by atoms with E-state index >= 15 is 0 Å². The van der Waals surface area contributed by atoms with Crippen LogP contribution in [-0.2, 0) is 16.1 Å². The van der Waals surface area contributed by atoms with Crippen molar-refractivity contribution in [3.05, 3.63) is 59.9 Å². The molecule has 5 nitrogen and oxygen atoms in total. The van der Waals surface area contributed by atoms with Gasteiger partial charge in [-0.2, -0.15) is 0 Å². The van der Waals surface area contributed by atoms with E-state index in [2.05, 4.69) is 24.1 Å². The predicted octanol–water partition coefficient (Wildman–Crippen LogP) is 2.87. The summed E-state index contributed by atoms with van der Waals surface area (Å²) in [7, 11) is 0. The Morgan fingerprint density at radius 1 is 1.20 bits per heavy atom. The number of hydrogen-bond acceptors (Lipinski definition) is 3. The molecule has 0 saturated carbocycles. The van der Waals surface area contributed by atoms with Crippen LogP contribution in [0, 0.1) is 5.92 Å². The highest BCUT2D eigenvalue weighted by atomic mass is 16.2. The van der Waals surface area contributed by atoms with Crippen LogP contribution >= 0.6 is 0 Å². The number of carbonyl (C=O) groups excluding carboxylic acids is 2. The number of carbonyl (C=O) groups is 2. The molecular weight excluding hydrogens is 314 g/mol. The van der Waals surface area contributed by atoms with Crippen LogP contribution in [0.15, 0.2) is 48.8 Å². The van der Waals surface area contributed by atoms with Gasteiger partial charge in [0, 0.05) is 37.6 Å². The molecule has 0 spiro atoms. The molecule has 3 rings (SSSR count). The third-order valence-corrected chi connectivity index (χ3v) is 4.58. The Morgan fingerprint density at radius 3 is 2.52 bits per heavy atom. The number of pyridine rings is 1. The van der Waals surface area contributed by atoms with E-state index in [4.69, 9.17) is 0 Å². The molecule has 1 N–H and O–H groups in total. The summed E-state index contributed by atoms with van der Waals surface area (Å²) in [5.74, 6) is 0.0713. The maximum atomic E-state index is 12.4. The number of hydrogen-bond donors (Lipinski definition) is 1. The van der Waals surface area contributed by atoms with E-state index in [1.807, 2.05) is 36.4 Å². The lowest BCUT2D eigenvalue weighted by atomic mass is 10.0. The average Bonchev–Trinajstić information content (AvgIpc) is 3.02. The van der Waals surface area contributed by atoms with Crippen LogP contribution in [0.2, 0.25) is 0 Å². The van der Waals surface area contributed by atoms with Crippen molar-refractivity contribution in [1.82, 2.24) is 10.3 Å². The fraction of sp³-hybridized carbons (Fsp3) is 0.350. The summed E-state index contributed by atoms with van der Waals surface area (Å²) >= 11 is 0. The molecule has 0 bridgehead atoms. The van der Waals surface area contributed by atoms with Crippen LogP contribution in [0.3, 0.4) is 0 Å². The van der Waals surface area contributed by atoms with E-state index < -0.39 is 0 Å². The van der Waals surface area contributed by atoms with Crippen LogP contribution in [0.4, 0.5) is 5.69 Å². The Bertz CT molecular complexity index is 741. The fourth-order valence-corrected chi connectivity index (χ4v) is 3.01. The zero-order valence-electron chi connectivity index (χ0n) is 14.6. The van der Waals surface area contributed by atoms with Crippen molar-refractivity contribution in [1.29, 1.82) is 0 Å². The first-order valence-corrected chi connectivity index (χ1v) is 8.61. The normalized spacial score (nSPS) is 17.2. The minimum atomic E-state index is -0.306. The number of nitrogens with one attached hydrogen (secondary N) is 1. The third-order valence-electron chi connectivity index (χ3n) is 4.58. The van der Waals surface area contributed by atoms with Gasteiger partial charge in [0.1, 0.15) is 0 Å². The van der Waals surface area contributed by atoms with Crippen molar-refractivity contribution in [3.63, 3.8) is 0 Å². The summed E-state index contributed by atoms with van der Waals surface area (Å²) in [5.41, 5.74) is 3.09. The van der Waals surface area contributed by atoms with Gasteiger partial charge in [0.25, 0.3) is 0 Å². The SMILES string of the molecule is CC(C)c1ccc(N2CC(C(=O)NCc3ccncc3)CC2=O)cc1. The van der Waals surface area contributed by atoms with Gasteiger partial charge in [0.2, 0.25) is 11.8 Å². The molecule has 0 radical (unpaired) electrons. The number of amides is 2. The van der Waals surface area contributed by atoms with Crippen molar-refractivity contribution in [2.45, 2.75) is 32.7 Å². The average molecular weight is 337 g/mol. The molecule has 25 heavy (non-hydrogen) atoms. The highest BCUT2D eigenvalue weighted by Crippen LogP contribution is 2.27. The van der Waals surface area contributed by atoms with Crippen molar-refractivity contribution >= 4 is 17.5 Å². The molecule has 1 fully saturated rings. The van der Waals surface area contributed by atoms with Gasteiger partial charge in [0.05, 0.1) is 5.92 Å². The number of rotatable bonds is 5. The predicted molar refractivity (Wildman–Crippen MR) is 97.1 cm³/mol. The zero-order valence-corrected chi connectivity index (χ0v) is 14.6. The van der Waals surface area contributed by atoms with Gasteiger partial charge >= 0.3 is 0 Å². The third kappa shape index (κ3) is 4.05. The Balaban J connectivity index is 1.60. The highest BCUT2D eigenvalue weighted by Gasteiger charge is 2.34. The molecule has 1 aromatic carbocycles. The maximum absolute atomic E-state index is 12.4. The summed E-state index contributed by atoms with van der Waals surface area (Å²) in [6, 6.07) is 11.7. The van der Waals surface area contributed by atoms with Gasteiger partial charge in [-0.3, -0.25) is 14.6 Å². The summed E-state index contributed by atoms with van der Waals surface area (Å²) in [6.45, 7) is 5.16. The van der Waals surface area contributed by atoms with E-state index in [-0.39, 0.29) is 24.2 Å². The van der Waals surface area contributed by atoms with Gasteiger partial charge < -0.3 is 10.2 Å². The lowest BCUT2D eigenvalue weighted by Crippen LogP contribution is -2.32. The summed E-state index contributed by atoms with van der Waals surface area (Å²) < 4.78 is 0. The van der Waals surface area contributed by atoms with Crippen LogP contribution < -0.4 is 10.2 Å². The summed E-state index contributed by atoms with van der Waals surface area (Å²) in [4.78, 5) is 30.4. The first-order chi connectivity index (χ1) is 12.0. The Hall–Kier alpha value is -2.69. The van der Waals surface area contributed by atoms with Crippen molar-refractivity contribution < 1.29 is 9.59 Å². The molecule has 2 heterocycles. The summed E-state index contributed by atoms with van der Waals surface area (Å²) in [6.07, 6.45) is 3.65. The lowest BCUT2D eigenvalue weighted by Gasteiger charge is -2.17. The molecule has 2 amide bonds. The standard InChI is InChI=1S/C20H23N3O2/c1-14(2)16-3-5-18(6-4-16)23-13-17(11-19(23)24)20(25)22-12-15-7-9-21-10-8-15/h3-10,14,17H,11-13H2,1-2H3,(H,22,25). The second-order valence-corrected chi connectivity index (χ2v) is 6.72. The molecule has 1 atom stereocenters. The Labute approximate surface area is 148 Å². The minimum Gasteiger partial charge on any atom is -0.352 e. The smallest absolute Gasteiger partial charge is 0.227 e. The van der Waals surface area contributed by atoms with E-state index in [0.717, 1.165) is 11.3 Å². The molecular formula is C20H23N3O2. The topological polar surface area (TPSA) is 62.3 Å². The molecule has 1 aromatic heterocycles. The van der Waals surface area contributed by atoms with Gasteiger partial charge in [-0.15, -0.1) is 0 Å².